The topological polar surface area (TPSA) is 133 Å². The second-order valence-electron chi connectivity index (χ2n) is 8.48. The Hall–Kier alpha value is -1.79. The van der Waals surface area contributed by atoms with E-state index in [9.17, 15) is 9.59 Å². The van der Waals surface area contributed by atoms with Crippen molar-refractivity contribution in [1.82, 2.24) is 0 Å². The van der Waals surface area contributed by atoms with Gasteiger partial charge >= 0.3 is 11.9 Å². The summed E-state index contributed by atoms with van der Waals surface area (Å²) in [5.41, 5.74) is 0. The molecular weight excluding hydrogens is 428 g/mol. The molecule has 0 atom stereocenters. The number of carbonyl (C=O) groups is 2. The molecule has 0 aliphatic heterocycles. The van der Waals surface area contributed by atoms with Crippen LogP contribution in [-0.4, -0.2) is 107 Å². The maximum absolute atomic E-state index is 10.9. The smallest absolute Gasteiger partial charge is 0.330 e. The first-order chi connectivity index (χ1) is 13.9. The molecule has 0 N–H and O–H groups in total. The van der Waals surface area contributed by atoms with Crippen LogP contribution in [0.1, 0.15) is 26.7 Å². The van der Waals surface area contributed by atoms with Crippen molar-refractivity contribution in [3.8, 4) is 0 Å². The molecule has 0 aromatic rings. The molecule has 0 saturated carbocycles. The third kappa shape index (κ3) is 47.4. The molecule has 0 fully saturated rings. The molecule has 0 saturated heterocycles. The van der Waals surface area contributed by atoms with Gasteiger partial charge in [0.05, 0.1) is 68.6 Å². The summed E-state index contributed by atoms with van der Waals surface area (Å²) in [6, 6.07) is 0. The lowest BCUT2D eigenvalue weighted by molar-refractivity contribution is -0.870. The summed E-state index contributed by atoms with van der Waals surface area (Å²) in [7, 11) is 7.55. The second kappa shape index (κ2) is 17.8. The fourth-order valence-electron chi connectivity index (χ4n) is 1.79. The van der Waals surface area contributed by atoms with Crippen molar-refractivity contribution in [1.29, 1.82) is 0 Å². The van der Waals surface area contributed by atoms with Crippen LogP contribution in [0.3, 0.4) is 0 Å². The molecule has 0 aliphatic rings. The van der Waals surface area contributed by atoms with E-state index in [1.165, 1.54) is 12.2 Å². The van der Waals surface area contributed by atoms with Gasteiger partial charge in [-0.1, -0.05) is 12.2 Å². The quantitative estimate of drug-likeness (QED) is 0.116. The lowest BCUT2D eigenvalue weighted by Gasteiger charge is -2.23. The van der Waals surface area contributed by atoms with Gasteiger partial charge in [0.25, 0.3) is 0 Å². The Morgan fingerprint density at radius 1 is 0.742 bits per heavy atom. The molecule has 0 spiro atoms. The summed E-state index contributed by atoms with van der Waals surface area (Å²) >= 11 is 0. The van der Waals surface area contributed by atoms with Gasteiger partial charge in [0.2, 0.25) is 0 Å². The number of rotatable bonds is 10. The fraction of sp³-hybridized carbons (Fsp3) is 0.700. The number of allylic oxidation sites excluding steroid dienone is 2. The van der Waals surface area contributed by atoms with Crippen LogP contribution in [0.4, 0.5) is 0 Å². The normalized spacial score (nSPS) is 11.9. The van der Waals surface area contributed by atoms with Gasteiger partial charge in [-0.2, -0.15) is 0 Å². The van der Waals surface area contributed by atoms with E-state index >= 15 is 0 Å². The zero-order chi connectivity index (χ0) is 25.1. The summed E-state index contributed by atoms with van der Waals surface area (Å²) in [6.45, 7) is 6.66. The summed E-state index contributed by atoms with van der Waals surface area (Å²) in [6.07, 6.45) is 8.06. The third-order valence-corrected chi connectivity index (χ3v) is 3.04. The van der Waals surface area contributed by atoms with E-state index in [1.54, 1.807) is 26.0 Å². The predicted octanol–water partition coefficient (Wildman–Crippen LogP) is 1.07. The van der Waals surface area contributed by atoms with Gasteiger partial charge < -0.3 is 27.5 Å². The molecule has 0 unspecified atom stereocenters. The molecule has 0 heterocycles. The molecular formula is C20H40N2O8S. The molecule has 0 bridgehead atoms. The Morgan fingerprint density at radius 2 is 1.00 bits per heavy atom. The summed E-state index contributed by atoms with van der Waals surface area (Å²) in [5.74, 6) is -0.493. The first-order valence-corrected chi connectivity index (χ1v) is 11.1. The Bertz CT molecular complexity index is 595. The maximum Gasteiger partial charge on any atom is 0.330 e. The summed E-state index contributed by atoms with van der Waals surface area (Å²) in [4.78, 5) is 21.7. The van der Waals surface area contributed by atoms with E-state index in [0.717, 1.165) is 34.9 Å². The lowest BCUT2D eigenvalue weighted by atomic mass is 10.4. The Balaban J connectivity index is -0.000000416. The van der Waals surface area contributed by atoms with Gasteiger partial charge in [-0.05, 0) is 13.8 Å². The van der Waals surface area contributed by atoms with Crippen LogP contribution in [0.5, 0.6) is 0 Å². The number of esters is 2. The van der Waals surface area contributed by atoms with Crippen LogP contribution in [0.25, 0.3) is 0 Å². The number of ether oxygens (including phenoxy) is 2. The molecule has 0 aromatic carbocycles. The highest BCUT2D eigenvalue weighted by Crippen LogP contribution is 1.95. The van der Waals surface area contributed by atoms with Gasteiger partial charge in [-0.3, -0.25) is 8.42 Å². The highest BCUT2D eigenvalue weighted by atomic mass is 32.3. The SMILES string of the molecule is CC=CC(=O)OCCC[N+](C)(C)C.CC=CC(=O)OCCC[N+](C)(C)C.O=S(=O)([O-])[O-]. The minimum Gasteiger partial charge on any atom is -0.759 e. The minimum atomic E-state index is -5.17. The average molecular weight is 469 g/mol. The van der Waals surface area contributed by atoms with Crippen LogP contribution in [0.2, 0.25) is 0 Å². The van der Waals surface area contributed by atoms with E-state index < -0.39 is 10.4 Å². The van der Waals surface area contributed by atoms with E-state index in [-0.39, 0.29) is 11.9 Å². The van der Waals surface area contributed by atoms with Crippen LogP contribution in [-0.2, 0) is 29.5 Å². The Labute approximate surface area is 187 Å². The predicted molar refractivity (Wildman–Crippen MR) is 117 cm³/mol. The van der Waals surface area contributed by atoms with Crippen molar-refractivity contribution in [3.05, 3.63) is 24.3 Å². The number of quaternary nitrogens is 2. The summed E-state index contributed by atoms with van der Waals surface area (Å²) < 4.78 is 45.8. The van der Waals surface area contributed by atoms with Gasteiger partial charge in [0.15, 0.2) is 0 Å². The number of hydrogen-bond acceptors (Lipinski definition) is 8. The lowest BCUT2D eigenvalue weighted by Crippen LogP contribution is -2.35. The molecule has 0 aromatic heterocycles. The van der Waals surface area contributed by atoms with Crippen molar-refractivity contribution in [2.45, 2.75) is 26.7 Å². The minimum absolute atomic E-state index is 0.246. The molecule has 0 amide bonds. The standard InChI is InChI=1S/2C10H20NO2.H2O4S/c2*1-5-7-10(12)13-9-6-8-11(2,3)4;1-5(2,3)4/h2*5,7H,6,8-9H2,1-4H3;(H2,1,2,3,4)/q2*+1;/p-2. The monoisotopic (exact) mass is 468 g/mol. The van der Waals surface area contributed by atoms with Crippen LogP contribution < -0.4 is 0 Å². The zero-order valence-corrected chi connectivity index (χ0v) is 20.9. The average Bonchev–Trinajstić information content (AvgIpc) is 2.54. The molecule has 11 heteroatoms. The van der Waals surface area contributed by atoms with Gasteiger partial charge in [-0.15, -0.1) is 0 Å². The molecule has 0 aliphatic carbocycles. The van der Waals surface area contributed by atoms with Crippen molar-refractivity contribution in [2.75, 3.05) is 68.6 Å². The van der Waals surface area contributed by atoms with E-state index in [4.69, 9.17) is 27.0 Å². The van der Waals surface area contributed by atoms with Crippen molar-refractivity contribution in [3.63, 3.8) is 0 Å². The van der Waals surface area contributed by atoms with Crippen LogP contribution in [0.15, 0.2) is 24.3 Å². The van der Waals surface area contributed by atoms with Crippen LogP contribution in [0, 0.1) is 0 Å². The highest BCUT2D eigenvalue weighted by Gasteiger charge is 2.07. The van der Waals surface area contributed by atoms with Crippen molar-refractivity contribution in [2.24, 2.45) is 0 Å². The van der Waals surface area contributed by atoms with Gasteiger partial charge in [-0.25, -0.2) is 9.59 Å². The highest BCUT2D eigenvalue weighted by molar-refractivity contribution is 7.79. The first-order valence-electron chi connectivity index (χ1n) is 9.77. The maximum atomic E-state index is 10.9. The van der Waals surface area contributed by atoms with Crippen molar-refractivity contribution >= 4 is 22.3 Å². The first kappa shape index (κ1) is 33.8. The Morgan fingerprint density at radius 3 is 1.19 bits per heavy atom. The molecule has 10 nitrogen and oxygen atoms in total. The third-order valence-electron chi connectivity index (χ3n) is 3.04. The second-order valence-corrected chi connectivity index (χ2v) is 9.29. The van der Waals surface area contributed by atoms with Crippen LogP contribution >= 0.6 is 0 Å². The van der Waals surface area contributed by atoms with Gasteiger partial charge in [0, 0.05) is 35.4 Å². The number of hydrogen-bond donors (Lipinski definition) is 0. The van der Waals surface area contributed by atoms with E-state index in [0.29, 0.717) is 13.2 Å². The fourth-order valence-corrected chi connectivity index (χ4v) is 1.79. The van der Waals surface area contributed by atoms with E-state index in [2.05, 4.69) is 42.3 Å². The molecule has 0 radical (unpaired) electrons. The Kier molecular flexibility index (Phi) is 19.5. The summed E-state index contributed by atoms with van der Waals surface area (Å²) in [5, 5.41) is 0. The van der Waals surface area contributed by atoms with Crippen molar-refractivity contribution < 1.29 is 45.6 Å². The number of carbonyl (C=O) groups excluding carboxylic acids is 2. The number of nitrogens with zero attached hydrogens (tertiary/aromatic N) is 2. The molecule has 184 valence electrons. The van der Waals surface area contributed by atoms with E-state index in [1.807, 2.05) is 0 Å². The molecule has 0 rings (SSSR count). The zero-order valence-electron chi connectivity index (χ0n) is 20.1. The largest absolute Gasteiger partial charge is 0.759 e. The molecule has 31 heavy (non-hydrogen) atoms. The van der Waals surface area contributed by atoms with Gasteiger partial charge in [0.1, 0.15) is 0 Å².